The van der Waals surface area contributed by atoms with Gasteiger partial charge in [0.25, 0.3) is 5.91 Å². The van der Waals surface area contributed by atoms with E-state index >= 15 is 0 Å². The molecule has 2 aromatic carbocycles. The largest absolute Gasteiger partial charge is 0.367 e. The lowest BCUT2D eigenvalue weighted by atomic mass is 10.1. The van der Waals surface area contributed by atoms with Gasteiger partial charge in [-0.3, -0.25) is 4.79 Å². The van der Waals surface area contributed by atoms with Gasteiger partial charge in [-0.15, -0.1) is 0 Å². The van der Waals surface area contributed by atoms with Gasteiger partial charge in [0.1, 0.15) is 5.82 Å². The van der Waals surface area contributed by atoms with Crippen LogP contribution in [0.3, 0.4) is 0 Å². The zero-order valence-electron chi connectivity index (χ0n) is 18.8. The lowest BCUT2D eigenvalue weighted by molar-refractivity contribution is 0.0952. The van der Waals surface area contributed by atoms with Crippen LogP contribution in [0.1, 0.15) is 38.1 Å². The Balaban J connectivity index is 1.50. The van der Waals surface area contributed by atoms with Crippen molar-refractivity contribution in [3.63, 3.8) is 0 Å². The van der Waals surface area contributed by atoms with E-state index in [4.69, 9.17) is 4.98 Å². The molecule has 0 radical (unpaired) electrons. The van der Waals surface area contributed by atoms with Crippen LogP contribution in [0.5, 0.6) is 0 Å². The Hall–Kier alpha value is -3.13. The van der Waals surface area contributed by atoms with Crippen molar-refractivity contribution in [2.24, 2.45) is 0 Å². The smallest absolute Gasteiger partial charge is 0.251 e. The van der Waals surface area contributed by atoms with E-state index in [1.807, 2.05) is 47.1 Å². The summed E-state index contributed by atoms with van der Waals surface area (Å²) in [6.45, 7) is 9.37. The molecule has 2 heterocycles. The molecule has 2 N–H and O–H groups in total. The van der Waals surface area contributed by atoms with Crippen LogP contribution in [-0.2, 0) is 6.54 Å². The molecule has 8 heteroatoms. The van der Waals surface area contributed by atoms with E-state index in [-0.39, 0.29) is 11.9 Å². The third kappa shape index (κ3) is 5.02. The summed E-state index contributed by atoms with van der Waals surface area (Å²) in [6, 6.07) is 14.0. The maximum atomic E-state index is 12.7. The summed E-state index contributed by atoms with van der Waals surface area (Å²) in [5.41, 5.74) is 1.42. The van der Waals surface area contributed by atoms with Crippen LogP contribution in [0.4, 0.5) is 5.82 Å². The minimum atomic E-state index is -0.0972. The number of rotatable bonds is 8. The topological polar surface area (TPSA) is 84.7 Å². The van der Waals surface area contributed by atoms with E-state index in [1.165, 1.54) is 0 Å². The third-order valence-corrected chi connectivity index (χ3v) is 5.73. The van der Waals surface area contributed by atoms with E-state index in [0.717, 1.165) is 32.8 Å². The van der Waals surface area contributed by atoms with Crippen molar-refractivity contribution in [1.82, 2.24) is 25.1 Å². The molecule has 0 fully saturated rings. The molecule has 0 aliphatic heterocycles. The van der Waals surface area contributed by atoms with Gasteiger partial charge in [-0.1, -0.05) is 55.9 Å². The average Bonchev–Trinajstić information content (AvgIpc) is 3.15. The minimum Gasteiger partial charge on any atom is -0.367 e. The van der Waals surface area contributed by atoms with Gasteiger partial charge in [-0.2, -0.15) is 5.10 Å². The Morgan fingerprint density at radius 2 is 1.84 bits per heavy atom. The lowest BCUT2D eigenvalue weighted by Crippen LogP contribution is -2.27. The van der Waals surface area contributed by atoms with Crippen LogP contribution in [-0.4, -0.2) is 43.5 Å². The van der Waals surface area contributed by atoms with E-state index in [2.05, 4.69) is 48.4 Å². The fourth-order valence-electron chi connectivity index (χ4n) is 3.45. The first-order valence-electron chi connectivity index (χ1n) is 10.8. The maximum Gasteiger partial charge on any atom is 0.251 e. The van der Waals surface area contributed by atoms with Gasteiger partial charge in [0.05, 0.1) is 18.1 Å². The molecule has 4 rings (SSSR count). The SMILES string of the molecule is CC(C)Nc1nc(SC(C)C)nc2c1cnn2CCNC(=O)c1ccc2ccccc2c1. The van der Waals surface area contributed by atoms with Crippen molar-refractivity contribution in [3.05, 3.63) is 54.2 Å². The van der Waals surface area contributed by atoms with Crippen LogP contribution in [0.2, 0.25) is 0 Å². The molecular weight excluding hydrogens is 420 g/mol. The number of aromatic nitrogens is 4. The number of nitrogens with one attached hydrogen (secondary N) is 2. The number of carbonyl (C=O) groups is 1. The van der Waals surface area contributed by atoms with Crippen LogP contribution in [0.15, 0.2) is 53.8 Å². The standard InChI is InChI=1S/C24H28N6OS/c1-15(2)27-21-20-14-26-30(22(20)29-24(28-21)32-16(3)4)12-11-25-23(31)19-10-9-17-7-5-6-8-18(17)13-19/h5-10,13-16H,11-12H2,1-4H3,(H,25,31)(H,27,28,29). The van der Waals surface area contributed by atoms with Crippen molar-refractivity contribution >= 4 is 45.3 Å². The highest BCUT2D eigenvalue weighted by molar-refractivity contribution is 7.99. The molecule has 0 bridgehead atoms. The predicted molar refractivity (Wildman–Crippen MR) is 131 cm³/mol. The van der Waals surface area contributed by atoms with E-state index in [9.17, 15) is 4.79 Å². The summed E-state index contributed by atoms with van der Waals surface area (Å²) in [6.07, 6.45) is 1.79. The van der Waals surface area contributed by atoms with Gasteiger partial charge in [0.15, 0.2) is 10.8 Å². The van der Waals surface area contributed by atoms with Gasteiger partial charge in [0, 0.05) is 23.4 Å². The Kier molecular flexibility index (Phi) is 6.60. The van der Waals surface area contributed by atoms with Crippen LogP contribution >= 0.6 is 11.8 Å². The summed E-state index contributed by atoms with van der Waals surface area (Å²) in [5, 5.41) is 15.0. The second-order valence-corrected chi connectivity index (χ2v) is 9.79. The summed E-state index contributed by atoms with van der Waals surface area (Å²) < 4.78 is 1.83. The van der Waals surface area contributed by atoms with Crippen LogP contribution in [0, 0.1) is 0 Å². The van der Waals surface area contributed by atoms with Gasteiger partial charge in [-0.05, 0) is 36.8 Å². The minimum absolute atomic E-state index is 0.0972. The van der Waals surface area contributed by atoms with Gasteiger partial charge >= 0.3 is 0 Å². The average molecular weight is 449 g/mol. The number of nitrogens with zero attached hydrogens (tertiary/aromatic N) is 4. The molecule has 0 spiro atoms. The normalized spacial score (nSPS) is 11.6. The third-order valence-electron chi connectivity index (χ3n) is 4.86. The molecular formula is C24H28N6OS. The fourth-order valence-corrected chi connectivity index (χ4v) is 4.16. The molecule has 2 aromatic heterocycles. The summed E-state index contributed by atoms with van der Waals surface area (Å²) in [5.74, 6) is 0.694. The second-order valence-electron chi connectivity index (χ2n) is 8.24. The first-order valence-corrected chi connectivity index (χ1v) is 11.7. The Morgan fingerprint density at radius 1 is 1.06 bits per heavy atom. The second kappa shape index (κ2) is 9.56. The molecule has 7 nitrogen and oxygen atoms in total. The van der Waals surface area contributed by atoms with Crippen molar-refractivity contribution < 1.29 is 4.79 Å². The van der Waals surface area contributed by atoms with Gasteiger partial charge < -0.3 is 10.6 Å². The van der Waals surface area contributed by atoms with Crippen molar-refractivity contribution in [2.45, 2.75) is 50.7 Å². The van der Waals surface area contributed by atoms with Crippen molar-refractivity contribution in [2.75, 3.05) is 11.9 Å². The lowest BCUT2D eigenvalue weighted by Gasteiger charge is -2.12. The predicted octanol–water partition coefficient (Wildman–Crippen LogP) is 4.73. The molecule has 0 saturated carbocycles. The first-order chi connectivity index (χ1) is 15.4. The number of anilines is 1. The molecule has 0 aliphatic carbocycles. The first kappa shape index (κ1) is 22.1. The molecule has 0 unspecified atom stereocenters. The fraction of sp³-hybridized carbons (Fsp3) is 0.333. The van der Waals surface area contributed by atoms with Crippen molar-refractivity contribution in [1.29, 1.82) is 0 Å². The van der Waals surface area contributed by atoms with Crippen molar-refractivity contribution in [3.8, 4) is 0 Å². The molecule has 166 valence electrons. The van der Waals surface area contributed by atoms with Crippen LogP contribution in [0.25, 0.3) is 21.8 Å². The number of thioether (sulfide) groups is 1. The molecule has 0 saturated heterocycles. The molecule has 4 aromatic rings. The summed E-state index contributed by atoms with van der Waals surface area (Å²) >= 11 is 1.62. The van der Waals surface area contributed by atoms with Gasteiger partial charge in [0.2, 0.25) is 0 Å². The molecule has 0 aliphatic rings. The Bertz CT molecular complexity index is 1250. The molecule has 32 heavy (non-hydrogen) atoms. The van der Waals surface area contributed by atoms with Crippen LogP contribution < -0.4 is 10.6 Å². The highest BCUT2D eigenvalue weighted by Gasteiger charge is 2.15. The number of fused-ring (bicyclic) bond motifs is 2. The molecule has 0 atom stereocenters. The molecule has 1 amide bonds. The quantitative estimate of drug-likeness (QED) is 0.299. The highest BCUT2D eigenvalue weighted by Crippen LogP contribution is 2.27. The van der Waals surface area contributed by atoms with E-state index in [0.29, 0.717) is 23.9 Å². The highest BCUT2D eigenvalue weighted by atomic mass is 32.2. The van der Waals surface area contributed by atoms with E-state index < -0.39 is 0 Å². The van der Waals surface area contributed by atoms with E-state index in [1.54, 1.807) is 18.0 Å². The Morgan fingerprint density at radius 3 is 2.59 bits per heavy atom. The summed E-state index contributed by atoms with van der Waals surface area (Å²) in [4.78, 5) is 22.1. The summed E-state index contributed by atoms with van der Waals surface area (Å²) in [7, 11) is 0. The monoisotopic (exact) mass is 448 g/mol. The van der Waals surface area contributed by atoms with Gasteiger partial charge in [-0.25, -0.2) is 14.6 Å². The number of hydrogen-bond acceptors (Lipinski definition) is 6. The Labute approximate surface area is 192 Å². The number of amides is 1. The zero-order valence-corrected chi connectivity index (χ0v) is 19.6. The number of carbonyl (C=O) groups excluding carboxylic acids is 1. The maximum absolute atomic E-state index is 12.7. The number of benzene rings is 2. The number of hydrogen-bond donors (Lipinski definition) is 2. The zero-order chi connectivity index (χ0) is 22.7.